The van der Waals surface area contributed by atoms with Crippen LogP contribution in [0, 0.1) is 0 Å². The molecule has 8 nitrogen and oxygen atoms in total. The second-order valence-corrected chi connectivity index (χ2v) is 7.40. The van der Waals surface area contributed by atoms with Gasteiger partial charge >= 0.3 is 6.09 Å². The Morgan fingerprint density at radius 2 is 1.89 bits per heavy atom. The summed E-state index contributed by atoms with van der Waals surface area (Å²) in [5, 5.41) is 20.7. The van der Waals surface area contributed by atoms with Gasteiger partial charge in [-0.1, -0.05) is 43.2 Å². The highest BCUT2D eigenvalue weighted by atomic mass is 16.7. The minimum Gasteiger partial charge on any atom is -0.465 e. The fourth-order valence-corrected chi connectivity index (χ4v) is 3.87. The topological polar surface area (TPSA) is 100 Å². The molecule has 0 unspecified atom stereocenters. The van der Waals surface area contributed by atoms with Crippen LogP contribution in [0.2, 0.25) is 0 Å². The van der Waals surface area contributed by atoms with Crippen molar-refractivity contribution < 1.29 is 29.3 Å². The monoisotopic (exact) mass is 394 g/mol. The number of amides is 1. The van der Waals surface area contributed by atoms with Crippen molar-refractivity contribution in [3.8, 4) is 0 Å². The number of rotatable bonds is 9. The fourth-order valence-electron chi connectivity index (χ4n) is 3.87. The Balaban J connectivity index is 1.69. The van der Waals surface area contributed by atoms with Crippen LogP contribution in [0.3, 0.4) is 0 Å². The van der Waals surface area contributed by atoms with E-state index in [-0.39, 0.29) is 32.7 Å². The highest BCUT2D eigenvalue weighted by Gasteiger charge is 2.36. The van der Waals surface area contributed by atoms with Gasteiger partial charge in [0.05, 0.1) is 37.5 Å². The van der Waals surface area contributed by atoms with E-state index in [9.17, 15) is 15.0 Å². The molecule has 0 radical (unpaired) electrons. The molecule has 1 heterocycles. The van der Waals surface area contributed by atoms with Gasteiger partial charge in [0.25, 0.3) is 0 Å². The van der Waals surface area contributed by atoms with Crippen molar-refractivity contribution in [2.45, 2.75) is 56.4 Å². The summed E-state index contributed by atoms with van der Waals surface area (Å²) in [6.45, 7) is 0.797. The molecule has 28 heavy (non-hydrogen) atoms. The molecule has 0 bridgehead atoms. The first kappa shape index (κ1) is 21.0. The van der Waals surface area contributed by atoms with E-state index in [2.05, 4.69) is 5.48 Å². The Hall–Kier alpha value is -1.71. The molecule has 8 heteroatoms. The largest absolute Gasteiger partial charge is 0.465 e. The number of nitrogens with one attached hydrogen (secondary N) is 1. The van der Waals surface area contributed by atoms with Gasteiger partial charge in [0.15, 0.2) is 0 Å². The van der Waals surface area contributed by atoms with Crippen LogP contribution < -0.4 is 5.48 Å². The summed E-state index contributed by atoms with van der Waals surface area (Å²) in [5.41, 5.74) is 3.81. The lowest BCUT2D eigenvalue weighted by Crippen LogP contribution is -2.58. The fraction of sp³-hybridized carbons (Fsp3) is 0.650. The van der Waals surface area contributed by atoms with Crippen molar-refractivity contribution in [2.24, 2.45) is 0 Å². The quantitative estimate of drug-likeness (QED) is 0.549. The van der Waals surface area contributed by atoms with Crippen LogP contribution in [0.4, 0.5) is 4.79 Å². The average Bonchev–Trinajstić information content (AvgIpc) is 3.22. The predicted octanol–water partition coefficient (Wildman–Crippen LogP) is 1.78. The molecular weight excluding hydrogens is 364 g/mol. The van der Waals surface area contributed by atoms with Crippen molar-refractivity contribution in [3.05, 3.63) is 35.9 Å². The number of aliphatic hydroxyl groups excluding tert-OH is 1. The maximum absolute atomic E-state index is 12.1. The molecule has 1 aliphatic carbocycles. The molecular formula is C20H30N2O6. The van der Waals surface area contributed by atoms with Crippen LogP contribution in [-0.2, 0) is 20.7 Å². The van der Waals surface area contributed by atoms with E-state index >= 15 is 0 Å². The predicted molar refractivity (Wildman–Crippen MR) is 102 cm³/mol. The molecule has 1 aromatic rings. The van der Waals surface area contributed by atoms with Gasteiger partial charge in [-0.2, -0.15) is 5.48 Å². The van der Waals surface area contributed by atoms with Crippen LogP contribution in [0.15, 0.2) is 30.3 Å². The molecule has 1 aromatic carbocycles. The highest BCUT2D eigenvalue weighted by Crippen LogP contribution is 2.21. The SMILES string of the molecule is O=C(O)N(C1COCOC1)[C@@H](Cc1ccccc1)[C@@H](O)CNOC1CCCC1. The first-order valence-corrected chi connectivity index (χ1v) is 9.92. The summed E-state index contributed by atoms with van der Waals surface area (Å²) in [7, 11) is 0. The highest BCUT2D eigenvalue weighted by molar-refractivity contribution is 5.66. The van der Waals surface area contributed by atoms with E-state index in [1.165, 1.54) is 4.90 Å². The molecule has 0 aromatic heterocycles. The minimum absolute atomic E-state index is 0.145. The third kappa shape index (κ3) is 5.89. The van der Waals surface area contributed by atoms with Gasteiger partial charge in [0, 0.05) is 6.54 Å². The first-order valence-electron chi connectivity index (χ1n) is 9.92. The maximum Gasteiger partial charge on any atom is 0.408 e. The number of carboxylic acid groups (broad SMARTS) is 1. The summed E-state index contributed by atoms with van der Waals surface area (Å²) >= 11 is 0. The van der Waals surface area contributed by atoms with Gasteiger partial charge in [-0.3, -0.25) is 9.74 Å². The Morgan fingerprint density at radius 3 is 2.54 bits per heavy atom. The third-order valence-electron chi connectivity index (χ3n) is 5.34. The zero-order chi connectivity index (χ0) is 19.8. The van der Waals surface area contributed by atoms with Gasteiger partial charge in [-0.25, -0.2) is 4.79 Å². The molecule has 3 N–H and O–H groups in total. The standard InChI is InChI=1S/C20H30N2O6/c23-19(11-21-28-17-8-4-5-9-17)18(10-15-6-2-1-3-7-15)22(20(24)25)16-12-26-14-27-13-16/h1-3,6-7,16-19,21,23H,4-5,8-14H2,(H,24,25)/t18-,19-/m0/s1. The lowest BCUT2D eigenvalue weighted by molar-refractivity contribution is -0.141. The number of benzene rings is 1. The lowest BCUT2D eigenvalue weighted by Gasteiger charge is -2.39. The molecule has 1 saturated heterocycles. The van der Waals surface area contributed by atoms with Crippen molar-refractivity contribution in [1.29, 1.82) is 0 Å². The third-order valence-corrected chi connectivity index (χ3v) is 5.34. The average molecular weight is 394 g/mol. The van der Waals surface area contributed by atoms with E-state index < -0.39 is 24.3 Å². The maximum atomic E-state index is 12.1. The molecule has 1 saturated carbocycles. The van der Waals surface area contributed by atoms with E-state index in [4.69, 9.17) is 14.3 Å². The number of hydrogen-bond acceptors (Lipinski definition) is 6. The van der Waals surface area contributed by atoms with Gasteiger partial charge < -0.3 is 19.7 Å². The Kier molecular flexibility index (Phi) is 8.05. The van der Waals surface area contributed by atoms with Gasteiger partial charge in [-0.05, 0) is 24.8 Å². The number of hydroxylamine groups is 1. The summed E-state index contributed by atoms with van der Waals surface area (Å²) in [5.74, 6) is 0. The molecule has 2 aliphatic rings. The van der Waals surface area contributed by atoms with E-state index in [0.717, 1.165) is 31.2 Å². The van der Waals surface area contributed by atoms with Crippen LogP contribution in [0.5, 0.6) is 0 Å². The summed E-state index contributed by atoms with van der Waals surface area (Å²) in [6.07, 6.45) is 2.82. The summed E-state index contributed by atoms with van der Waals surface area (Å²) in [4.78, 5) is 19.0. The molecule has 2 fully saturated rings. The van der Waals surface area contributed by atoms with Crippen LogP contribution in [0.25, 0.3) is 0 Å². The molecule has 2 atom stereocenters. The second kappa shape index (κ2) is 10.7. The Labute approximate surface area is 165 Å². The number of ether oxygens (including phenoxy) is 2. The molecule has 3 rings (SSSR count). The zero-order valence-electron chi connectivity index (χ0n) is 16.0. The van der Waals surface area contributed by atoms with E-state index in [1.807, 2.05) is 30.3 Å². The first-order chi connectivity index (χ1) is 13.6. The Bertz CT molecular complexity index is 590. The Morgan fingerprint density at radius 1 is 1.21 bits per heavy atom. The van der Waals surface area contributed by atoms with Gasteiger partial charge in [0.1, 0.15) is 6.79 Å². The van der Waals surface area contributed by atoms with Crippen molar-refractivity contribution in [1.82, 2.24) is 10.4 Å². The van der Waals surface area contributed by atoms with Crippen LogP contribution in [0.1, 0.15) is 31.2 Å². The smallest absolute Gasteiger partial charge is 0.408 e. The molecule has 0 spiro atoms. The van der Waals surface area contributed by atoms with Crippen molar-refractivity contribution >= 4 is 6.09 Å². The second-order valence-electron chi connectivity index (χ2n) is 7.40. The lowest BCUT2D eigenvalue weighted by atomic mass is 9.98. The summed E-state index contributed by atoms with van der Waals surface area (Å²) < 4.78 is 10.6. The van der Waals surface area contributed by atoms with E-state index in [0.29, 0.717) is 6.42 Å². The van der Waals surface area contributed by atoms with Crippen LogP contribution >= 0.6 is 0 Å². The minimum atomic E-state index is -1.10. The number of aliphatic hydroxyl groups is 1. The molecule has 156 valence electrons. The van der Waals surface area contributed by atoms with Gasteiger partial charge in [0.2, 0.25) is 0 Å². The van der Waals surface area contributed by atoms with Crippen molar-refractivity contribution in [2.75, 3.05) is 26.6 Å². The summed E-state index contributed by atoms with van der Waals surface area (Å²) in [6, 6.07) is 8.44. The molecule has 1 aliphatic heterocycles. The molecule has 1 amide bonds. The number of hydrogen-bond donors (Lipinski definition) is 3. The van der Waals surface area contributed by atoms with Crippen LogP contribution in [-0.4, -0.2) is 72.0 Å². The van der Waals surface area contributed by atoms with Gasteiger partial charge in [-0.15, -0.1) is 0 Å². The number of nitrogens with zero attached hydrogens (tertiary/aromatic N) is 1. The zero-order valence-corrected chi connectivity index (χ0v) is 16.0. The van der Waals surface area contributed by atoms with Crippen molar-refractivity contribution in [3.63, 3.8) is 0 Å². The van der Waals surface area contributed by atoms with E-state index in [1.54, 1.807) is 0 Å². The normalized spacial score (nSPS) is 20.8. The number of carbonyl (C=O) groups is 1.